The topological polar surface area (TPSA) is 95.1 Å². The molecule has 10 heteroatoms. The number of halogens is 1. The fraction of sp³-hybridized carbons (Fsp3) is 0.286. The lowest BCUT2D eigenvalue weighted by Crippen LogP contribution is -2.49. The van der Waals surface area contributed by atoms with E-state index in [0.29, 0.717) is 28.2 Å². The molecule has 4 rings (SSSR count). The van der Waals surface area contributed by atoms with Gasteiger partial charge in [-0.1, -0.05) is 41.1 Å². The van der Waals surface area contributed by atoms with Crippen LogP contribution in [0.4, 0.5) is 11.4 Å². The normalized spacial score (nSPS) is 20.3. The molecule has 0 saturated carbocycles. The molecule has 2 heterocycles. The first-order chi connectivity index (χ1) is 15.0. The maximum atomic E-state index is 13.2. The molecule has 0 aliphatic carbocycles. The Bertz CT molecular complexity index is 1030. The second-order valence-corrected chi connectivity index (χ2v) is 8.53. The molecule has 2 amide bonds. The van der Waals surface area contributed by atoms with Gasteiger partial charge in [0.1, 0.15) is 11.9 Å². The molecule has 31 heavy (non-hydrogen) atoms. The van der Waals surface area contributed by atoms with E-state index in [1.807, 2.05) is 31.2 Å². The first-order valence-electron chi connectivity index (χ1n) is 9.69. The van der Waals surface area contributed by atoms with Crippen LogP contribution in [0.15, 0.2) is 47.5 Å². The number of nitrogens with one attached hydrogen (secondary N) is 3. The highest BCUT2D eigenvalue weighted by atomic mass is 35.5. The van der Waals surface area contributed by atoms with Crippen molar-refractivity contribution >= 4 is 51.7 Å². The summed E-state index contributed by atoms with van der Waals surface area (Å²) in [6.07, 6.45) is -0.375. The Morgan fingerprint density at radius 1 is 1.32 bits per heavy atom. The van der Waals surface area contributed by atoms with Gasteiger partial charge in [-0.2, -0.15) is 0 Å². The number of hydrogen-bond acceptors (Lipinski definition) is 7. The number of carbonyl (C=O) groups excluding carboxylic acids is 2. The van der Waals surface area contributed by atoms with Gasteiger partial charge in [0.05, 0.1) is 29.5 Å². The molecule has 2 aromatic rings. The van der Waals surface area contributed by atoms with Crippen LogP contribution < -0.4 is 25.8 Å². The molecule has 2 unspecified atom stereocenters. The zero-order valence-electron chi connectivity index (χ0n) is 17.0. The van der Waals surface area contributed by atoms with Crippen molar-refractivity contribution in [2.24, 2.45) is 10.9 Å². The number of hydrazine groups is 1. The Hall–Kier alpha value is -2.59. The van der Waals surface area contributed by atoms with Crippen LogP contribution in [0.3, 0.4) is 0 Å². The van der Waals surface area contributed by atoms with Crippen molar-refractivity contribution in [1.29, 1.82) is 0 Å². The van der Waals surface area contributed by atoms with E-state index in [4.69, 9.17) is 16.3 Å². The number of rotatable bonds is 5. The summed E-state index contributed by atoms with van der Waals surface area (Å²) in [5, 5.41) is 3.68. The van der Waals surface area contributed by atoms with Crippen molar-refractivity contribution in [1.82, 2.24) is 10.9 Å². The minimum Gasteiger partial charge on any atom is -0.495 e. The number of amidine groups is 1. The summed E-state index contributed by atoms with van der Waals surface area (Å²) >= 11 is 7.49. The van der Waals surface area contributed by atoms with E-state index in [2.05, 4.69) is 21.2 Å². The highest BCUT2D eigenvalue weighted by molar-refractivity contribution is 8.14. The van der Waals surface area contributed by atoms with Gasteiger partial charge in [-0.05, 0) is 37.3 Å². The number of amides is 2. The summed E-state index contributed by atoms with van der Waals surface area (Å²) in [5.74, 6) is -0.0192. The maximum Gasteiger partial charge on any atom is 0.241 e. The Balaban J connectivity index is 1.54. The van der Waals surface area contributed by atoms with Gasteiger partial charge in [-0.25, -0.2) is 10.4 Å². The van der Waals surface area contributed by atoms with Crippen LogP contribution >= 0.6 is 23.4 Å². The van der Waals surface area contributed by atoms with Crippen LogP contribution in [0.25, 0.3) is 0 Å². The second kappa shape index (κ2) is 9.27. The minimum atomic E-state index is -0.375. The summed E-state index contributed by atoms with van der Waals surface area (Å²) in [7, 11) is 1.53. The van der Waals surface area contributed by atoms with Crippen LogP contribution in [0, 0.1) is 12.8 Å². The van der Waals surface area contributed by atoms with Gasteiger partial charge < -0.3 is 10.1 Å². The highest BCUT2D eigenvalue weighted by Crippen LogP contribution is 2.34. The average Bonchev–Trinajstić information content (AvgIpc) is 3.23. The summed E-state index contributed by atoms with van der Waals surface area (Å²) in [4.78, 5) is 31.9. The number of thioether (sulfide) groups is 1. The molecule has 3 N–H and O–H groups in total. The summed E-state index contributed by atoms with van der Waals surface area (Å²) in [6.45, 7) is 2.46. The Kier molecular flexibility index (Phi) is 6.47. The molecule has 8 nitrogen and oxygen atoms in total. The molecule has 2 aromatic carbocycles. The van der Waals surface area contributed by atoms with Crippen LogP contribution in [0.2, 0.25) is 5.02 Å². The van der Waals surface area contributed by atoms with Crippen LogP contribution in [-0.4, -0.2) is 42.6 Å². The first-order valence-corrected chi connectivity index (χ1v) is 11.1. The van der Waals surface area contributed by atoms with E-state index in [-0.39, 0.29) is 29.7 Å². The van der Waals surface area contributed by atoms with Crippen LogP contribution in [0.5, 0.6) is 5.75 Å². The van der Waals surface area contributed by atoms with E-state index in [0.717, 1.165) is 11.3 Å². The van der Waals surface area contributed by atoms with Gasteiger partial charge in [0.25, 0.3) is 0 Å². The molecular formula is C21H22ClN5O3S. The SMILES string of the molecule is COc1ccc(N2C(=O)C3CNNC3N=C2SCC(=O)Nc2ccc(C)cc2)cc1Cl. The molecule has 2 aliphatic rings. The van der Waals surface area contributed by atoms with Gasteiger partial charge in [-0.15, -0.1) is 0 Å². The van der Waals surface area contributed by atoms with Crippen molar-refractivity contribution in [2.75, 3.05) is 29.6 Å². The number of aryl methyl sites for hydroxylation is 1. The lowest BCUT2D eigenvalue weighted by Gasteiger charge is -2.32. The molecular weight excluding hydrogens is 438 g/mol. The summed E-state index contributed by atoms with van der Waals surface area (Å²) in [5.41, 5.74) is 8.40. The lowest BCUT2D eigenvalue weighted by molar-refractivity contribution is -0.121. The highest BCUT2D eigenvalue weighted by Gasteiger charge is 2.42. The molecule has 2 atom stereocenters. The third-order valence-electron chi connectivity index (χ3n) is 4.99. The minimum absolute atomic E-state index is 0.102. The fourth-order valence-electron chi connectivity index (χ4n) is 3.37. The molecule has 0 bridgehead atoms. The van der Waals surface area contributed by atoms with Gasteiger partial charge in [-0.3, -0.25) is 19.9 Å². The number of ether oxygens (including phenoxy) is 1. The number of benzene rings is 2. The first kappa shape index (κ1) is 21.6. The fourth-order valence-corrected chi connectivity index (χ4v) is 4.46. The molecule has 0 spiro atoms. The number of hydrogen-bond donors (Lipinski definition) is 3. The monoisotopic (exact) mass is 459 g/mol. The number of nitrogens with zero attached hydrogens (tertiary/aromatic N) is 2. The van der Waals surface area contributed by atoms with Crippen LogP contribution in [-0.2, 0) is 9.59 Å². The molecule has 162 valence electrons. The van der Waals surface area contributed by atoms with Crippen molar-refractivity contribution in [2.45, 2.75) is 13.1 Å². The van der Waals surface area contributed by atoms with E-state index in [1.165, 1.54) is 23.8 Å². The third-order valence-corrected chi connectivity index (χ3v) is 6.24. The van der Waals surface area contributed by atoms with Crippen molar-refractivity contribution < 1.29 is 14.3 Å². The van der Waals surface area contributed by atoms with Crippen molar-refractivity contribution in [3.05, 3.63) is 53.1 Å². The Morgan fingerprint density at radius 2 is 2.10 bits per heavy atom. The largest absolute Gasteiger partial charge is 0.495 e. The lowest BCUT2D eigenvalue weighted by atomic mass is 10.0. The number of aliphatic imine (C=N–C) groups is 1. The Morgan fingerprint density at radius 3 is 2.81 bits per heavy atom. The summed E-state index contributed by atoms with van der Waals surface area (Å²) < 4.78 is 5.21. The average molecular weight is 460 g/mol. The molecule has 2 aliphatic heterocycles. The second-order valence-electron chi connectivity index (χ2n) is 7.18. The predicted molar refractivity (Wildman–Crippen MR) is 124 cm³/mol. The molecule has 1 saturated heterocycles. The Labute approximate surface area is 189 Å². The predicted octanol–water partition coefficient (Wildman–Crippen LogP) is 2.78. The number of methoxy groups -OCH3 is 1. The maximum absolute atomic E-state index is 13.2. The molecule has 1 fully saturated rings. The van der Waals surface area contributed by atoms with Gasteiger partial charge in [0, 0.05) is 12.2 Å². The van der Waals surface area contributed by atoms with Crippen LogP contribution in [0.1, 0.15) is 5.56 Å². The zero-order chi connectivity index (χ0) is 22.0. The van der Waals surface area contributed by atoms with E-state index in [9.17, 15) is 9.59 Å². The van der Waals surface area contributed by atoms with Gasteiger partial charge in [0.15, 0.2) is 5.17 Å². The molecule has 0 aromatic heterocycles. The van der Waals surface area contributed by atoms with Crippen molar-refractivity contribution in [3.63, 3.8) is 0 Å². The summed E-state index contributed by atoms with van der Waals surface area (Å²) in [6, 6.07) is 12.7. The molecule has 0 radical (unpaired) electrons. The van der Waals surface area contributed by atoms with Gasteiger partial charge in [0.2, 0.25) is 11.8 Å². The smallest absolute Gasteiger partial charge is 0.241 e. The van der Waals surface area contributed by atoms with E-state index >= 15 is 0 Å². The third kappa shape index (κ3) is 4.69. The van der Waals surface area contributed by atoms with E-state index < -0.39 is 0 Å². The van der Waals surface area contributed by atoms with Gasteiger partial charge >= 0.3 is 0 Å². The van der Waals surface area contributed by atoms with E-state index in [1.54, 1.807) is 18.2 Å². The number of carbonyl (C=O) groups is 2. The standard InChI is InChI=1S/C21H22ClN5O3S/c1-12-3-5-13(6-4-12)24-18(28)11-31-21-25-19-15(10-23-26-19)20(29)27(21)14-7-8-17(30-2)16(22)9-14/h3-9,15,19,23,26H,10-11H2,1-2H3,(H,24,28). The number of anilines is 2. The quantitative estimate of drug-likeness (QED) is 0.636. The van der Waals surface area contributed by atoms with Crippen molar-refractivity contribution in [3.8, 4) is 5.75 Å². The zero-order valence-corrected chi connectivity index (χ0v) is 18.6. The number of fused-ring (bicyclic) bond motifs is 1.